The molecule has 1 saturated heterocycles. The molecule has 0 atom stereocenters. The molecule has 2 aliphatic rings. The quantitative estimate of drug-likeness (QED) is 0.837. The van der Waals surface area contributed by atoms with Crippen LogP contribution in [-0.4, -0.2) is 19.0 Å². The van der Waals surface area contributed by atoms with Gasteiger partial charge in [-0.05, 0) is 23.1 Å². The number of carbonyl (C=O) groups is 1. The minimum absolute atomic E-state index is 0.104. The van der Waals surface area contributed by atoms with Gasteiger partial charge < -0.3 is 10.6 Å². The Hall–Kier alpha value is -1.94. The van der Waals surface area contributed by atoms with Crippen LogP contribution in [-0.2, 0) is 5.67 Å². The first-order valence-electron chi connectivity index (χ1n) is 6.96. The third-order valence-electron chi connectivity index (χ3n) is 3.83. The Kier molecular flexibility index (Phi) is 2.98. The number of nitrogens with one attached hydrogen (secondary N) is 2. The van der Waals surface area contributed by atoms with Crippen molar-refractivity contribution in [1.29, 1.82) is 0 Å². The molecule has 2 aromatic rings. The van der Waals surface area contributed by atoms with E-state index in [-0.39, 0.29) is 5.91 Å². The summed E-state index contributed by atoms with van der Waals surface area (Å²) >= 11 is 0. The maximum absolute atomic E-state index is 14.6. The Bertz CT molecular complexity index is 692. The topological polar surface area (TPSA) is 41.1 Å². The average Bonchev–Trinajstić information content (AvgIpc) is 2.77. The molecule has 0 radical (unpaired) electrons. The molecule has 0 aliphatic carbocycles. The first-order chi connectivity index (χ1) is 9.69. The Labute approximate surface area is 117 Å². The summed E-state index contributed by atoms with van der Waals surface area (Å²) in [7, 11) is 0. The molecule has 1 amide bonds. The molecular formula is C16H17FN2O. The molecular weight excluding hydrogens is 255 g/mol. The lowest BCUT2D eigenvalue weighted by Gasteiger charge is -2.36. The van der Waals surface area contributed by atoms with Crippen molar-refractivity contribution in [2.24, 2.45) is 0 Å². The average molecular weight is 272 g/mol. The number of amides is 1. The van der Waals surface area contributed by atoms with Crippen LogP contribution in [0.1, 0.15) is 29.8 Å². The lowest BCUT2D eigenvalue weighted by Crippen LogP contribution is -2.53. The molecule has 20 heavy (non-hydrogen) atoms. The standard InChI is InChI=1S/C14H11FN2O.C2H6/c15-14(6-16-7-14)10-5-4-9-12-8(10)2-1-3-11(12)17-13(9)18;1-2/h1-5,16H,6-7H2,(H,17,18);1-2H3. The molecule has 0 saturated carbocycles. The Morgan fingerprint density at radius 2 is 1.90 bits per heavy atom. The Morgan fingerprint density at radius 1 is 1.15 bits per heavy atom. The van der Waals surface area contributed by atoms with Crippen LogP contribution in [0, 0.1) is 0 Å². The van der Waals surface area contributed by atoms with E-state index in [0.29, 0.717) is 24.2 Å². The highest BCUT2D eigenvalue weighted by Gasteiger charge is 2.40. The zero-order chi connectivity index (χ0) is 14.3. The van der Waals surface area contributed by atoms with E-state index in [1.54, 1.807) is 12.1 Å². The first-order valence-corrected chi connectivity index (χ1v) is 6.96. The van der Waals surface area contributed by atoms with E-state index in [0.717, 1.165) is 16.5 Å². The van der Waals surface area contributed by atoms with Crippen LogP contribution in [0.15, 0.2) is 30.3 Å². The van der Waals surface area contributed by atoms with Crippen molar-refractivity contribution >= 4 is 22.4 Å². The zero-order valence-electron chi connectivity index (χ0n) is 11.6. The molecule has 2 N–H and O–H groups in total. The van der Waals surface area contributed by atoms with Gasteiger partial charge in [0.05, 0.1) is 0 Å². The van der Waals surface area contributed by atoms with E-state index in [1.165, 1.54) is 0 Å². The third kappa shape index (κ3) is 1.64. The summed E-state index contributed by atoms with van der Waals surface area (Å²) in [6.07, 6.45) is 0. The number of halogens is 1. The van der Waals surface area contributed by atoms with Gasteiger partial charge in [-0.15, -0.1) is 0 Å². The summed E-state index contributed by atoms with van der Waals surface area (Å²) in [6, 6.07) is 9.06. The molecule has 2 aliphatic heterocycles. The molecule has 0 bridgehead atoms. The number of carbonyl (C=O) groups excluding carboxylic acids is 1. The molecule has 104 valence electrons. The van der Waals surface area contributed by atoms with Crippen molar-refractivity contribution in [3.05, 3.63) is 41.5 Å². The molecule has 0 unspecified atom stereocenters. The number of rotatable bonds is 1. The highest BCUT2D eigenvalue weighted by Crippen LogP contribution is 2.40. The van der Waals surface area contributed by atoms with Crippen molar-refractivity contribution in [2.75, 3.05) is 18.4 Å². The predicted octanol–water partition coefficient (Wildman–Crippen LogP) is 3.20. The molecule has 4 heteroatoms. The summed E-state index contributed by atoms with van der Waals surface area (Å²) in [6.45, 7) is 4.68. The van der Waals surface area contributed by atoms with Crippen LogP contribution in [0.4, 0.5) is 10.1 Å². The number of hydrogen-bond acceptors (Lipinski definition) is 2. The van der Waals surface area contributed by atoms with Crippen molar-refractivity contribution in [3.63, 3.8) is 0 Å². The van der Waals surface area contributed by atoms with Gasteiger partial charge in [-0.25, -0.2) is 4.39 Å². The van der Waals surface area contributed by atoms with Crippen LogP contribution >= 0.6 is 0 Å². The summed E-state index contributed by atoms with van der Waals surface area (Å²) in [5, 5.41) is 7.46. The van der Waals surface area contributed by atoms with E-state index in [2.05, 4.69) is 10.6 Å². The lowest BCUT2D eigenvalue weighted by atomic mass is 9.85. The fraction of sp³-hybridized carbons (Fsp3) is 0.312. The highest BCUT2D eigenvalue weighted by molar-refractivity contribution is 6.24. The summed E-state index contributed by atoms with van der Waals surface area (Å²) in [4.78, 5) is 11.8. The number of hydrogen-bond donors (Lipinski definition) is 2. The van der Waals surface area contributed by atoms with Gasteiger partial charge in [0.25, 0.3) is 5.91 Å². The number of benzene rings is 2. The second-order valence-corrected chi connectivity index (χ2v) is 4.91. The summed E-state index contributed by atoms with van der Waals surface area (Å²) in [5.74, 6) is -0.104. The van der Waals surface area contributed by atoms with Gasteiger partial charge in [0.2, 0.25) is 0 Å². The Balaban J connectivity index is 0.000000581. The highest BCUT2D eigenvalue weighted by atomic mass is 19.1. The van der Waals surface area contributed by atoms with Crippen molar-refractivity contribution in [3.8, 4) is 0 Å². The van der Waals surface area contributed by atoms with Gasteiger partial charge in [0.15, 0.2) is 5.67 Å². The van der Waals surface area contributed by atoms with Gasteiger partial charge >= 0.3 is 0 Å². The molecule has 2 heterocycles. The zero-order valence-corrected chi connectivity index (χ0v) is 11.6. The predicted molar refractivity (Wildman–Crippen MR) is 78.9 cm³/mol. The third-order valence-corrected chi connectivity index (χ3v) is 3.83. The summed E-state index contributed by atoms with van der Waals surface area (Å²) in [5.41, 5.74) is 0.798. The lowest BCUT2D eigenvalue weighted by molar-refractivity contribution is 0.0907. The van der Waals surface area contributed by atoms with Crippen LogP contribution in [0.3, 0.4) is 0 Å². The van der Waals surface area contributed by atoms with Crippen LogP contribution < -0.4 is 10.6 Å². The maximum atomic E-state index is 14.6. The van der Waals surface area contributed by atoms with E-state index in [9.17, 15) is 9.18 Å². The fourth-order valence-corrected chi connectivity index (χ4v) is 2.82. The second-order valence-electron chi connectivity index (χ2n) is 4.91. The molecule has 0 aromatic heterocycles. The Morgan fingerprint density at radius 3 is 2.55 bits per heavy atom. The van der Waals surface area contributed by atoms with E-state index >= 15 is 0 Å². The molecule has 3 nitrogen and oxygen atoms in total. The van der Waals surface area contributed by atoms with Crippen molar-refractivity contribution < 1.29 is 9.18 Å². The second kappa shape index (κ2) is 4.56. The minimum atomic E-state index is -1.30. The van der Waals surface area contributed by atoms with Crippen molar-refractivity contribution in [2.45, 2.75) is 19.5 Å². The van der Waals surface area contributed by atoms with Gasteiger partial charge in [-0.2, -0.15) is 0 Å². The van der Waals surface area contributed by atoms with Crippen LogP contribution in [0.5, 0.6) is 0 Å². The first kappa shape index (κ1) is 13.1. The van der Waals surface area contributed by atoms with Gasteiger partial charge in [-0.1, -0.05) is 32.0 Å². The van der Waals surface area contributed by atoms with E-state index < -0.39 is 5.67 Å². The largest absolute Gasteiger partial charge is 0.321 e. The van der Waals surface area contributed by atoms with E-state index in [4.69, 9.17) is 0 Å². The monoisotopic (exact) mass is 272 g/mol. The summed E-state index contributed by atoms with van der Waals surface area (Å²) < 4.78 is 14.6. The molecule has 4 rings (SSSR count). The molecule has 2 aromatic carbocycles. The van der Waals surface area contributed by atoms with Crippen molar-refractivity contribution in [1.82, 2.24) is 5.32 Å². The smallest absolute Gasteiger partial charge is 0.256 e. The number of anilines is 1. The van der Waals surface area contributed by atoms with Gasteiger partial charge in [0.1, 0.15) is 0 Å². The minimum Gasteiger partial charge on any atom is -0.321 e. The normalized spacial score (nSPS) is 18.1. The van der Waals surface area contributed by atoms with Gasteiger partial charge in [0, 0.05) is 29.7 Å². The molecule has 0 spiro atoms. The SMILES string of the molecule is CC.O=C1Nc2cccc3c(C4(F)CNC4)ccc1c23. The van der Waals surface area contributed by atoms with E-state index in [1.807, 2.05) is 32.0 Å². The van der Waals surface area contributed by atoms with Gasteiger partial charge in [-0.3, -0.25) is 4.79 Å². The van der Waals surface area contributed by atoms with Crippen LogP contribution in [0.25, 0.3) is 10.8 Å². The van der Waals surface area contributed by atoms with Crippen LogP contribution in [0.2, 0.25) is 0 Å². The maximum Gasteiger partial charge on any atom is 0.256 e. The fourth-order valence-electron chi connectivity index (χ4n) is 2.82. The molecule has 1 fully saturated rings. The number of alkyl halides is 1.